The van der Waals surface area contributed by atoms with Crippen LogP contribution in [0, 0.1) is 6.92 Å². The molecule has 0 radical (unpaired) electrons. The minimum Gasteiger partial charge on any atom is -0.265 e. The molecule has 2 aromatic heterocycles. The Bertz CT molecular complexity index is 676. The Morgan fingerprint density at radius 2 is 2.12 bits per heavy atom. The van der Waals surface area contributed by atoms with Gasteiger partial charge in [0.05, 0.1) is 16.1 Å². The van der Waals surface area contributed by atoms with Gasteiger partial charge in [-0.1, -0.05) is 17.7 Å². The van der Waals surface area contributed by atoms with Crippen LogP contribution in [-0.2, 0) is 0 Å². The normalized spacial score (nSPS) is 10.9. The molecule has 0 saturated heterocycles. The highest BCUT2D eigenvalue weighted by atomic mass is 35.5. The van der Waals surface area contributed by atoms with Crippen LogP contribution in [0.4, 0.5) is 0 Å². The summed E-state index contributed by atoms with van der Waals surface area (Å²) in [5, 5.41) is 8.38. The fourth-order valence-corrected chi connectivity index (χ4v) is 2.07. The predicted octanol–water partition coefficient (Wildman–Crippen LogP) is 2.98. The van der Waals surface area contributed by atoms with E-state index < -0.39 is 0 Å². The summed E-state index contributed by atoms with van der Waals surface area (Å²) in [5.74, 6) is 0.567. The first-order chi connectivity index (χ1) is 8.25. The van der Waals surface area contributed by atoms with Crippen LogP contribution in [0.5, 0.6) is 0 Å². The molecule has 1 N–H and O–H groups in total. The van der Waals surface area contributed by atoms with E-state index in [2.05, 4.69) is 26.2 Å². The molecule has 3 rings (SSSR count). The van der Waals surface area contributed by atoms with E-state index in [-0.39, 0.29) is 0 Å². The number of benzene rings is 1. The molecule has 4 nitrogen and oxygen atoms in total. The van der Waals surface area contributed by atoms with Crippen LogP contribution in [0.15, 0.2) is 30.7 Å². The number of halogens is 1. The first-order valence-electron chi connectivity index (χ1n) is 5.17. The average molecular weight is 245 g/mol. The lowest BCUT2D eigenvalue weighted by molar-refractivity contribution is 1.10. The molecular weight excluding hydrogens is 236 g/mol. The summed E-state index contributed by atoms with van der Waals surface area (Å²) in [4.78, 5) is 8.55. The van der Waals surface area contributed by atoms with Gasteiger partial charge in [-0.15, -0.1) is 0 Å². The van der Waals surface area contributed by atoms with Gasteiger partial charge in [0.25, 0.3) is 0 Å². The van der Waals surface area contributed by atoms with Crippen LogP contribution >= 0.6 is 11.6 Å². The number of pyridine rings is 1. The van der Waals surface area contributed by atoms with Gasteiger partial charge in [-0.25, -0.2) is 4.98 Å². The van der Waals surface area contributed by atoms with Crippen molar-refractivity contribution in [1.29, 1.82) is 0 Å². The molecule has 5 heteroatoms. The van der Waals surface area contributed by atoms with Gasteiger partial charge < -0.3 is 0 Å². The van der Waals surface area contributed by atoms with E-state index in [0.29, 0.717) is 10.8 Å². The van der Waals surface area contributed by atoms with Crippen molar-refractivity contribution < 1.29 is 0 Å². The third-order valence-electron chi connectivity index (χ3n) is 2.58. The third-order valence-corrected chi connectivity index (χ3v) is 2.89. The SMILES string of the molecule is Cc1cnc2c(-c3nc[nH]n3)c(Cl)ccc2c1. The smallest absolute Gasteiger partial charge is 0.184 e. The Kier molecular flexibility index (Phi) is 2.30. The Morgan fingerprint density at radius 3 is 2.88 bits per heavy atom. The fourth-order valence-electron chi connectivity index (χ4n) is 1.83. The largest absolute Gasteiger partial charge is 0.265 e. The van der Waals surface area contributed by atoms with E-state index >= 15 is 0 Å². The molecule has 84 valence electrons. The quantitative estimate of drug-likeness (QED) is 0.716. The van der Waals surface area contributed by atoms with Crippen LogP contribution in [0.25, 0.3) is 22.3 Å². The summed E-state index contributed by atoms with van der Waals surface area (Å²) in [6, 6.07) is 5.86. The Labute approximate surface area is 103 Å². The zero-order valence-electron chi connectivity index (χ0n) is 9.11. The van der Waals surface area contributed by atoms with Crippen molar-refractivity contribution in [2.45, 2.75) is 6.92 Å². The zero-order valence-corrected chi connectivity index (χ0v) is 9.86. The van der Waals surface area contributed by atoms with Crippen LogP contribution in [0.3, 0.4) is 0 Å². The molecule has 17 heavy (non-hydrogen) atoms. The topological polar surface area (TPSA) is 54.5 Å². The van der Waals surface area contributed by atoms with Crippen molar-refractivity contribution in [3.63, 3.8) is 0 Å². The molecule has 0 unspecified atom stereocenters. The molecule has 0 aliphatic heterocycles. The molecule has 0 fully saturated rings. The highest BCUT2D eigenvalue weighted by Gasteiger charge is 2.12. The highest BCUT2D eigenvalue weighted by Crippen LogP contribution is 2.31. The Balaban J connectivity index is 2.40. The number of hydrogen-bond acceptors (Lipinski definition) is 3. The number of rotatable bonds is 1. The van der Waals surface area contributed by atoms with Crippen molar-refractivity contribution in [3.05, 3.63) is 41.3 Å². The summed E-state index contributed by atoms with van der Waals surface area (Å²) in [6.45, 7) is 2.01. The van der Waals surface area contributed by atoms with Crippen LogP contribution < -0.4 is 0 Å². The molecule has 2 heterocycles. The minimum absolute atomic E-state index is 0.567. The zero-order chi connectivity index (χ0) is 11.8. The second-order valence-corrected chi connectivity index (χ2v) is 4.24. The molecule has 1 aromatic carbocycles. The molecule has 0 atom stereocenters. The second kappa shape index (κ2) is 3.82. The maximum atomic E-state index is 6.20. The van der Waals surface area contributed by atoms with Crippen LogP contribution in [0.2, 0.25) is 5.02 Å². The van der Waals surface area contributed by atoms with Crippen molar-refractivity contribution in [2.24, 2.45) is 0 Å². The molecule has 0 bridgehead atoms. The highest BCUT2D eigenvalue weighted by molar-refractivity contribution is 6.34. The molecule has 0 spiro atoms. The molecular formula is C12H9ClN4. The van der Waals surface area contributed by atoms with Crippen molar-refractivity contribution in [1.82, 2.24) is 20.2 Å². The average Bonchev–Trinajstić information content (AvgIpc) is 2.82. The van der Waals surface area contributed by atoms with Crippen LogP contribution in [0.1, 0.15) is 5.56 Å². The van der Waals surface area contributed by atoms with Gasteiger partial charge in [0.15, 0.2) is 5.82 Å². The second-order valence-electron chi connectivity index (χ2n) is 3.83. The number of hydrogen-bond donors (Lipinski definition) is 1. The van der Waals surface area contributed by atoms with Gasteiger partial charge in [0.2, 0.25) is 0 Å². The predicted molar refractivity (Wildman–Crippen MR) is 66.9 cm³/mol. The lowest BCUT2D eigenvalue weighted by Crippen LogP contribution is -1.89. The first kappa shape index (κ1) is 10.2. The molecule has 0 saturated carbocycles. The maximum Gasteiger partial charge on any atom is 0.184 e. The maximum absolute atomic E-state index is 6.20. The first-order valence-corrected chi connectivity index (χ1v) is 5.54. The Hall–Kier alpha value is -1.94. The lowest BCUT2D eigenvalue weighted by atomic mass is 10.1. The summed E-state index contributed by atoms with van der Waals surface area (Å²) in [6.07, 6.45) is 3.34. The van der Waals surface area contributed by atoms with Gasteiger partial charge in [0.1, 0.15) is 6.33 Å². The summed E-state index contributed by atoms with van der Waals surface area (Å²) in [5.41, 5.74) is 2.70. The molecule has 0 aliphatic carbocycles. The molecule has 0 aliphatic rings. The number of nitrogens with one attached hydrogen (secondary N) is 1. The van der Waals surface area contributed by atoms with E-state index in [1.54, 1.807) is 0 Å². The number of fused-ring (bicyclic) bond motifs is 1. The number of aromatic amines is 1. The summed E-state index contributed by atoms with van der Waals surface area (Å²) in [7, 11) is 0. The molecule has 0 amide bonds. The minimum atomic E-state index is 0.567. The summed E-state index contributed by atoms with van der Waals surface area (Å²) < 4.78 is 0. The third kappa shape index (κ3) is 1.66. The van der Waals surface area contributed by atoms with Crippen molar-refractivity contribution in [3.8, 4) is 11.4 Å². The van der Waals surface area contributed by atoms with E-state index in [9.17, 15) is 0 Å². The van der Waals surface area contributed by atoms with E-state index in [4.69, 9.17) is 11.6 Å². The van der Waals surface area contributed by atoms with Gasteiger partial charge in [-0.05, 0) is 24.6 Å². The van der Waals surface area contributed by atoms with Crippen molar-refractivity contribution >= 4 is 22.5 Å². The number of H-pyrrole nitrogens is 1. The number of aromatic nitrogens is 4. The summed E-state index contributed by atoms with van der Waals surface area (Å²) >= 11 is 6.20. The lowest BCUT2D eigenvalue weighted by Gasteiger charge is -2.05. The van der Waals surface area contributed by atoms with E-state index in [1.165, 1.54) is 6.33 Å². The number of aryl methyl sites for hydroxylation is 1. The van der Waals surface area contributed by atoms with Gasteiger partial charge in [-0.3, -0.25) is 10.1 Å². The van der Waals surface area contributed by atoms with Gasteiger partial charge in [0, 0.05) is 11.6 Å². The van der Waals surface area contributed by atoms with Crippen LogP contribution in [-0.4, -0.2) is 20.2 Å². The molecule has 3 aromatic rings. The monoisotopic (exact) mass is 244 g/mol. The van der Waals surface area contributed by atoms with Gasteiger partial charge >= 0.3 is 0 Å². The Morgan fingerprint density at radius 1 is 1.24 bits per heavy atom. The van der Waals surface area contributed by atoms with E-state index in [1.807, 2.05) is 25.3 Å². The van der Waals surface area contributed by atoms with E-state index in [0.717, 1.165) is 22.0 Å². The number of nitrogens with zero attached hydrogens (tertiary/aromatic N) is 3. The standard InChI is InChI=1S/C12H9ClN4/c1-7-4-8-2-3-9(13)10(11(8)14-5-7)12-15-6-16-17-12/h2-6H,1H3,(H,15,16,17). The fraction of sp³-hybridized carbons (Fsp3) is 0.0833. The van der Waals surface area contributed by atoms with Gasteiger partial charge in [-0.2, -0.15) is 5.10 Å². The van der Waals surface area contributed by atoms with Crippen molar-refractivity contribution in [2.75, 3.05) is 0 Å².